The number of aryl methyl sites for hydroxylation is 2. The number of aromatic hydroxyl groups is 1. The van der Waals surface area contributed by atoms with E-state index >= 15 is 0 Å². The fraction of sp³-hybridized carbons (Fsp3) is 0.419. The zero-order chi connectivity index (χ0) is 26.1. The highest BCUT2D eigenvalue weighted by molar-refractivity contribution is 5.86. The number of nitrogens with zero attached hydrogens (tertiary/aromatic N) is 2. The number of hydrogen-bond donors (Lipinski definition) is 3. The molecule has 0 amide bonds. The summed E-state index contributed by atoms with van der Waals surface area (Å²) in [7, 11) is 0. The van der Waals surface area contributed by atoms with Gasteiger partial charge in [0.2, 0.25) is 0 Å². The van der Waals surface area contributed by atoms with Crippen LogP contribution in [-0.2, 0) is 6.54 Å². The lowest BCUT2D eigenvalue weighted by Crippen LogP contribution is -2.34. The third kappa shape index (κ3) is 4.37. The van der Waals surface area contributed by atoms with Gasteiger partial charge < -0.3 is 10.1 Å². The van der Waals surface area contributed by atoms with Crippen LogP contribution in [0.1, 0.15) is 56.7 Å². The molecule has 6 heteroatoms. The third-order valence-electron chi connectivity index (χ3n) is 8.48. The topological polar surface area (TPSA) is 85.0 Å². The number of H-pyrrole nitrogens is 2. The van der Waals surface area contributed by atoms with Crippen molar-refractivity contribution >= 4 is 10.9 Å². The molecular formula is C31H36N4O2. The maximum absolute atomic E-state index is 12.8. The first-order valence-corrected chi connectivity index (χ1v) is 13.3. The largest absolute Gasteiger partial charge is 0.507 e. The SMILES string of the molecule is Cc1cc(-c2cc(-c3cc4ccc(CN5C[C@]6(C)C[C@H]5CC(C)(C)C6)cc4[nH]3)c(=O)[nH]n2)cc(C)c1O. The van der Waals surface area contributed by atoms with E-state index in [1.165, 1.54) is 31.4 Å². The van der Waals surface area contributed by atoms with E-state index in [1.54, 1.807) is 0 Å². The number of fused-ring (bicyclic) bond motifs is 3. The Hall–Kier alpha value is -3.38. The van der Waals surface area contributed by atoms with Crippen molar-refractivity contribution in [2.75, 3.05) is 6.54 Å². The van der Waals surface area contributed by atoms with Crippen LogP contribution in [0.25, 0.3) is 33.4 Å². The summed E-state index contributed by atoms with van der Waals surface area (Å²) in [5, 5.41) is 18.2. The number of likely N-dealkylation sites (tertiary alicyclic amines) is 1. The van der Waals surface area contributed by atoms with Crippen molar-refractivity contribution in [3.8, 4) is 28.3 Å². The summed E-state index contributed by atoms with van der Waals surface area (Å²) in [6, 6.07) is 14.9. The molecule has 3 heterocycles. The predicted octanol–water partition coefficient (Wildman–Crippen LogP) is 6.31. The molecule has 2 aliphatic rings. The van der Waals surface area contributed by atoms with E-state index in [-0.39, 0.29) is 11.3 Å². The molecule has 0 spiro atoms. The summed E-state index contributed by atoms with van der Waals surface area (Å²) in [5.74, 6) is 0.287. The molecule has 1 saturated heterocycles. The van der Waals surface area contributed by atoms with Crippen LogP contribution in [0.15, 0.2) is 47.3 Å². The average molecular weight is 497 g/mol. The fourth-order valence-electron chi connectivity index (χ4n) is 7.27. The summed E-state index contributed by atoms with van der Waals surface area (Å²) in [4.78, 5) is 18.9. The molecule has 1 aliphatic heterocycles. The Balaban J connectivity index is 1.30. The highest BCUT2D eigenvalue weighted by Gasteiger charge is 2.49. The Morgan fingerprint density at radius 3 is 2.57 bits per heavy atom. The highest BCUT2D eigenvalue weighted by Crippen LogP contribution is 2.52. The molecule has 0 radical (unpaired) electrons. The summed E-state index contributed by atoms with van der Waals surface area (Å²) >= 11 is 0. The third-order valence-corrected chi connectivity index (χ3v) is 8.48. The van der Waals surface area contributed by atoms with Crippen LogP contribution in [-0.4, -0.2) is 37.8 Å². The van der Waals surface area contributed by atoms with E-state index in [0.29, 0.717) is 28.1 Å². The number of benzene rings is 2. The van der Waals surface area contributed by atoms with Gasteiger partial charge in [0.15, 0.2) is 0 Å². The van der Waals surface area contributed by atoms with Gasteiger partial charge in [-0.15, -0.1) is 0 Å². The van der Waals surface area contributed by atoms with Crippen molar-refractivity contribution in [2.24, 2.45) is 10.8 Å². The van der Waals surface area contributed by atoms with Gasteiger partial charge in [-0.2, -0.15) is 5.10 Å². The molecule has 6 nitrogen and oxygen atoms in total. The quantitative estimate of drug-likeness (QED) is 0.309. The van der Waals surface area contributed by atoms with Gasteiger partial charge >= 0.3 is 0 Å². The maximum Gasteiger partial charge on any atom is 0.273 e. The number of phenols is 1. The van der Waals surface area contributed by atoms with E-state index in [2.05, 4.69) is 59.1 Å². The maximum atomic E-state index is 12.8. The predicted molar refractivity (Wildman–Crippen MR) is 149 cm³/mol. The van der Waals surface area contributed by atoms with Gasteiger partial charge in [-0.05, 0) is 91.0 Å². The standard InChI is InChI=1S/C31H36N4O2/c1-18-8-22(9-19(2)28(18)36)26-12-24(29(37)34-33-26)27-11-21-7-6-20(10-25(21)32-27)15-35-17-31(5)14-23(35)13-30(3,4)16-31/h6-12,23,32,36H,13-17H2,1-5H3,(H,34,37)/t23-,31-/m1/s1. The van der Waals surface area contributed by atoms with Gasteiger partial charge in [0, 0.05) is 35.6 Å². The second-order valence-corrected chi connectivity index (χ2v) is 12.7. The number of aromatic nitrogens is 3. The fourth-order valence-corrected chi connectivity index (χ4v) is 7.27. The van der Waals surface area contributed by atoms with Gasteiger partial charge in [0.1, 0.15) is 5.75 Å². The molecule has 1 saturated carbocycles. The van der Waals surface area contributed by atoms with Crippen molar-refractivity contribution in [1.29, 1.82) is 0 Å². The van der Waals surface area contributed by atoms with E-state index in [1.807, 2.05) is 38.1 Å². The molecule has 0 unspecified atom stereocenters. The smallest absolute Gasteiger partial charge is 0.273 e. The Kier molecular flexibility index (Phi) is 5.39. The zero-order valence-corrected chi connectivity index (χ0v) is 22.4. The van der Waals surface area contributed by atoms with Crippen molar-refractivity contribution in [3.05, 3.63) is 69.5 Å². The van der Waals surface area contributed by atoms with E-state index in [9.17, 15) is 9.90 Å². The molecule has 1 aliphatic carbocycles. The highest BCUT2D eigenvalue weighted by atomic mass is 16.3. The molecule has 2 atom stereocenters. The number of phenolic OH excluding ortho intramolecular Hbond substituents is 1. The molecule has 2 fully saturated rings. The van der Waals surface area contributed by atoms with Crippen molar-refractivity contribution in [3.63, 3.8) is 0 Å². The second-order valence-electron chi connectivity index (χ2n) is 12.7. The lowest BCUT2D eigenvalue weighted by Gasteiger charge is -2.40. The monoisotopic (exact) mass is 496 g/mol. The van der Waals surface area contributed by atoms with Crippen LogP contribution in [0.4, 0.5) is 0 Å². The number of hydrogen-bond acceptors (Lipinski definition) is 4. The molecule has 6 rings (SSSR count). The minimum Gasteiger partial charge on any atom is -0.507 e. The van der Waals surface area contributed by atoms with Gasteiger partial charge in [-0.25, -0.2) is 5.10 Å². The summed E-state index contributed by atoms with van der Waals surface area (Å²) in [6.07, 6.45) is 3.88. The first-order valence-electron chi connectivity index (χ1n) is 13.3. The molecule has 2 aromatic carbocycles. The molecule has 192 valence electrons. The normalized spacial score (nSPS) is 23.1. The Morgan fingerprint density at radius 1 is 1.05 bits per heavy atom. The van der Waals surface area contributed by atoms with E-state index < -0.39 is 0 Å². The first kappa shape index (κ1) is 24.0. The number of rotatable bonds is 4. The van der Waals surface area contributed by atoms with Crippen molar-refractivity contribution < 1.29 is 5.11 Å². The minimum atomic E-state index is -0.233. The van der Waals surface area contributed by atoms with Gasteiger partial charge in [0.05, 0.1) is 17.0 Å². The van der Waals surface area contributed by atoms with Crippen LogP contribution < -0.4 is 5.56 Å². The van der Waals surface area contributed by atoms with Crippen LogP contribution in [0.5, 0.6) is 5.75 Å². The molecule has 2 bridgehead atoms. The molecular weight excluding hydrogens is 460 g/mol. The average Bonchev–Trinajstić information content (AvgIpc) is 3.33. The first-order chi connectivity index (χ1) is 17.5. The minimum absolute atomic E-state index is 0.233. The van der Waals surface area contributed by atoms with Crippen LogP contribution in [0.3, 0.4) is 0 Å². The summed E-state index contributed by atoms with van der Waals surface area (Å²) in [5.41, 5.74) is 7.35. The van der Waals surface area contributed by atoms with Crippen LogP contribution in [0.2, 0.25) is 0 Å². The number of aromatic amines is 2. The Labute approximate surface area is 217 Å². The lowest BCUT2D eigenvalue weighted by atomic mass is 9.65. The van der Waals surface area contributed by atoms with E-state index in [0.717, 1.165) is 39.8 Å². The van der Waals surface area contributed by atoms with Crippen molar-refractivity contribution in [1.82, 2.24) is 20.1 Å². The van der Waals surface area contributed by atoms with Crippen LogP contribution >= 0.6 is 0 Å². The second kappa shape index (κ2) is 8.32. The van der Waals surface area contributed by atoms with Gasteiger partial charge in [-0.3, -0.25) is 9.69 Å². The van der Waals surface area contributed by atoms with Crippen LogP contribution in [0, 0.1) is 24.7 Å². The van der Waals surface area contributed by atoms with E-state index in [4.69, 9.17) is 0 Å². The van der Waals surface area contributed by atoms with Crippen molar-refractivity contribution in [2.45, 2.75) is 66.5 Å². The summed E-state index contributed by atoms with van der Waals surface area (Å²) in [6.45, 7) is 13.2. The lowest BCUT2D eigenvalue weighted by molar-refractivity contribution is 0.126. The summed E-state index contributed by atoms with van der Waals surface area (Å²) < 4.78 is 0. The molecule has 2 aromatic heterocycles. The van der Waals surface area contributed by atoms with Gasteiger partial charge in [-0.1, -0.05) is 32.9 Å². The molecule has 37 heavy (non-hydrogen) atoms. The Bertz CT molecular complexity index is 1560. The molecule has 3 N–H and O–H groups in total. The Morgan fingerprint density at radius 2 is 1.81 bits per heavy atom. The number of nitrogens with one attached hydrogen (secondary N) is 2. The molecule has 4 aromatic rings. The van der Waals surface area contributed by atoms with Gasteiger partial charge in [0.25, 0.3) is 5.56 Å². The zero-order valence-electron chi connectivity index (χ0n) is 22.4.